The van der Waals surface area contributed by atoms with E-state index in [1.54, 1.807) is 28.0 Å². The Labute approximate surface area is 277 Å². The number of nitrogens with one attached hydrogen (secondary N) is 1. The normalized spacial score (nSPS) is 16.1. The summed E-state index contributed by atoms with van der Waals surface area (Å²) < 4.78 is 7.07. The Kier molecular flexibility index (Phi) is 8.96. The lowest BCUT2D eigenvalue weighted by atomic mass is 9.95. The van der Waals surface area contributed by atoms with E-state index in [0.717, 1.165) is 27.0 Å². The molecule has 1 N–H and O–H groups in total. The van der Waals surface area contributed by atoms with Crippen molar-refractivity contribution in [2.75, 3.05) is 49.5 Å². The Morgan fingerprint density at radius 2 is 1.74 bits per heavy atom. The van der Waals surface area contributed by atoms with Gasteiger partial charge in [-0.1, -0.05) is 11.3 Å². The first-order valence-electron chi connectivity index (χ1n) is 15.8. The van der Waals surface area contributed by atoms with Gasteiger partial charge < -0.3 is 24.8 Å². The fourth-order valence-electron chi connectivity index (χ4n) is 5.78. The molecular formula is C32H39N11O3S. The number of nitriles is 1. The molecule has 246 valence electrons. The van der Waals surface area contributed by atoms with Crippen molar-refractivity contribution in [2.24, 2.45) is 5.92 Å². The number of carbonyl (C=O) groups excluding carboxylic acids is 2. The van der Waals surface area contributed by atoms with Crippen LogP contribution in [0.4, 0.5) is 15.6 Å². The van der Waals surface area contributed by atoms with E-state index in [2.05, 4.69) is 50.4 Å². The van der Waals surface area contributed by atoms with Crippen molar-refractivity contribution in [3.63, 3.8) is 0 Å². The Hall–Kier alpha value is -4.84. The SMILES string of the molecule is CC(C)Nc1cc(-c2cnn3cc(C#N)cnc23)ncc1-c1nnc(N2CCN(C(=O)C3CCN(C(=O)OC(C)(C)C)CC3)CC2)s1. The zero-order valence-electron chi connectivity index (χ0n) is 27.3. The third kappa shape index (κ3) is 7.12. The maximum atomic E-state index is 13.3. The van der Waals surface area contributed by atoms with Gasteiger partial charge in [0.25, 0.3) is 0 Å². The van der Waals surface area contributed by atoms with E-state index in [0.29, 0.717) is 69.0 Å². The highest BCUT2D eigenvalue weighted by molar-refractivity contribution is 7.18. The van der Waals surface area contributed by atoms with Crippen LogP contribution in [-0.4, -0.2) is 102 Å². The molecular weight excluding hydrogens is 618 g/mol. The van der Waals surface area contributed by atoms with E-state index >= 15 is 0 Å². The maximum Gasteiger partial charge on any atom is 0.410 e. The number of carbonyl (C=O) groups is 2. The van der Waals surface area contributed by atoms with Crippen LogP contribution in [0.15, 0.2) is 30.9 Å². The Bertz CT molecular complexity index is 1810. The lowest BCUT2D eigenvalue weighted by Gasteiger charge is -2.38. The molecule has 0 atom stereocenters. The van der Waals surface area contributed by atoms with Crippen LogP contribution in [0.25, 0.3) is 27.5 Å². The fourth-order valence-corrected chi connectivity index (χ4v) is 6.70. The van der Waals surface area contributed by atoms with Crippen LogP contribution in [-0.2, 0) is 9.53 Å². The molecule has 4 aromatic heterocycles. The number of pyridine rings is 1. The average molecular weight is 658 g/mol. The van der Waals surface area contributed by atoms with Crippen molar-refractivity contribution in [3.05, 3.63) is 36.4 Å². The molecule has 47 heavy (non-hydrogen) atoms. The predicted molar refractivity (Wildman–Crippen MR) is 178 cm³/mol. The minimum Gasteiger partial charge on any atom is -0.444 e. The van der Waals surface area contributed by atoms with Gasteiger partial charge in [0.1, 0.15) is 11.7 Å². The minimum atomic E-state index is -0.536. The van der Waals surface area contributed by atoms with Crippen molar-refractivity contribution < 1.29 is 14.3 Å². The molecule has 0 aromatic carbocycles. The molecule has 2 amide bonds. The molecule has 14 nitrogen and oxygen atoms in total. The Balaban J connectivity index is 1.10. The van der Waals surface area contributed by atoms with E-state index in [9.17, 15) is 14.9 Å². The molecule has 0 bridgehead atoms. The van der Waals surface area contributed by atoms with Crippen molar-refractivity contribution >= 4 is 39.8 Å². The zero-order valence-corrected chi connectivity index (χ0v) is 28.1. The number of aromatic nitrogens is 6. The number of nitrogens with zero attached hydrogens (tertiary/aromatic N) is 10. The molecule has 0 radical (unpaired) electrons. The number of piperazine rings is 1. The average Bonchev–Trinajstić information content (AvgIpc) is 3.71. The minimum absolute atomic E-state index is 0.0812. The molecule has 6 rings (SSSR count). The summed E-state index contributed by atoms with van der Waals surface area (Å²) in [5.74, 6) is 0.0798. The van der Waals surface area contributed by atoms with Crippen molar-refractivity contribution in [1.29, 1.82) is 5.26 Å². The summed E-state index contributed by atoms with van der Waals surface area (Å²) in [6, 6.07) is 4.21. The summed E-state index contributed by atoms with van der Waals surface area (Å²) in [7, 11) is 0. The monoisotopic (exact) mass is 657 g/mol. The molecule has 15 heteroatoms. The van der Waals surface area contributed by atoms with Crippen LogP contribution in [0, 0.1) is 17.2 Å². The van der Waals surface area contributed by atoms with Crippen molar-refractivity contribution in [3.8, 4) is 27.9 Å². The zero-order chi connectivity index (χ0) is 33.3. The number of hydrogen-bond acceptors (Lipinski definition) is 12. The molecule has 0 unspecified atom stereocenters. The summed E-state index contributed by atoms with van der Waals surface area (Å²) >= 11 is 1.50. The Morgan fingerprint density at radius 1 is 1.00 bits per heavy atom. The van der Waals surface area contributed by atoms with Gasteiger partial charge in [0, 0.05) is 69.3 Å². The highest BCUT2D eigenvalue weighted by Crippen LogP contribution is 2.36. The van der Waals surface area contributed by atoms with Gasteiger partial charge in [-0.15, -0.1) is 10.2 Å². The molecule has 2 fully saturated rings. The summed E-state index contributed by atoms with van der Waals surface area (Å²) in [6.45, 7) is 13.3. The van der Waals surface area contributed by atoms with E-state index in [-0.39, 0.29) is 24.0 Å². The van der Waals surface area contributed by atoms with Gasteiger partial charge in [0.15, 0.2) is 10.7 Å². The van der Waals surface area contributed by atoms with Gasteiger partial charge in [0.2, 0.25) is 11.0 Å². The Morgan fingerprint density at radius 3 is 2.43 bits per heavy atom. The predicted octanol–water partition coefficient (Wildman–Crippen LogP) is 4.30. The second-order valence-corrected chi connectivity index (χ2v) is 14.1. The summed E-state index contributed by atoms with van der Waals surface area (Å²) in [5.41, 5.74) is 3.67. The summed E-state index contributed by atoms with van der Waals surface area (Å²) in [5, 5.41) is 27.7. The maximum absolute atomic E-state index is 13.3. The number of amides is 2. The highest BCUT2D eigenvalue weighted by atomic mass is 32.1. The first kappa shape index (κ1) is 32.1. The van der Waals surface area contributed by atoms with Crippen LogP contribution >= 0.6 is 11.3 Å². The molecule has 4 aromatic rings. The third-order valence-electron chi connectivity index (χ3n) is 8.11. The van der Waals surface area contributed by atoms with Crippen LogP contribution < -0.4 is 10.2 Å². The van der Waals surface area contributed by atoms with Crippen molar-refractivity contribution in [2.45, 2.75) is 59.1 Å². The number of piperidine rings is 1. The smallest absolute Gasteiger partial charge is 0.410 e. The number of ether oxygens (including phenoxy) is 1. The largest absolute Gasteiger partial charge is 0.444 e. The molecule has 0 spiro atoms. The lowest BCUT2D eigenvalue weighted by Crippen LogP contribution is -2.52. The van der Waals surface area contributed by atoms with Crippen molar-refractivity contribution in [1.82, 2.24) is 39.6 Å². The summed E-state index contributed by atoms with van der Waals surface area (Å²) in [4.78, 5) is 40.7. The number of hydrogen-bond donors (Lipinski definition) is 1. The van der Waals surface area contributed by atoms with Crippen LogP contribution in [0.5, 0.6) is 0 Å². The van der Waals surface area contributed by atoms with E-state index in [1.807, 2.05) is 31.7 Å². The number of rotatable bonds is 6. The van der Waals surface area contributed by atoms with Crippen LogP contribution in [0.2, 0.25) is 0 Å². The van der Waals surface area contributed by atoms with E-state index in [4.69, 9.17) is 9.72 Å². The summed E-state index contributed by atoms with van der Waals surface area (Å²) in [6.07, 6.45) is 7.64. The van der Waals surface area contributed by atoms with Crippen LogP contribution in [0.1, 0.15) is 53.0 Å². The number of likely N-dealkylation sites (tertiary alicyclic amines) is 1. The van der Waals surface area contributed by atoms with E-state index in [1.165, 1.54) is 17.5 Å². The molecule has 2 aliphatic heterocycles. The van der Waals surface area contributed by atoms with Gasteiger partial charge in [0.05, 0.1) is 34.8 Å². The number of fused-ring (bicyclic) bond motifs is 1. The standard InChI is InChI=1S/C32H39N11O3S/c1-20(2)37-26-14-25(23-18-36-43-19-21(15-33)16-35-27(23)43)34-17-24(26)28-38-39-30(47-28)41-12-10-40(11-13-41)29(44)22-6-8-42(9-7-22)31(45)46-32(3,4)5/h14,16-20,22H,6-13H2,1-5H3,(H,34,37). The van der Waals surface area contributed by atoms with Crippen LogP contribution in [0.3, 0.4) is 0 Å². The topological polar surface area (TPSA) is 158 Å². The quantitative estimate of drug-likeness (QED) is 0.315. The van der Waals surface area contributed by atoms with Gasteiger partial charge in [-0.05, 0) is 53.5 Å². The first-order chi connectivity index (χ1) is 22.5. The molecule has 0 saturated carbocycles. The van der Waals surface area contributed by atoms with Gasteiger partial charge in [-0.3, -0.25) is 9.78 Å². The fraction of sp³-hybridized carbons (Fsp3) is 0.500. The van der Waals surface area contributed by atoms with Gasteiger partial charge in [-0.2, -0.15) is 10.4 Å². The lowest BCUT2D eigenvalue weighted by molar-refractivity contribution is -0.137. The highest BCUT2D eigenvalue weighted by Gasteiger charge is 2.33. The third-order valence-corrected chi connectivity index (χ3v) is 9.13. The first-order valence-corrected chi connectivity index (χ1v) is 16.7. The van der Waals surface area contributed by atoms with E-state index < -0.39 is 5.60 Å². The second-order valence-electron chi connectivity index (χ2n) is 13.1. The van der Waals surface area contributed by atoms with Gasteiger partial charge in [-0.25, -0.2) is 14.3 Å². The molecule has 0 aliphatic carbocycles. The van der Waals surface area contributed by atoms with Gasteiger partial charge >= 0.3 is 6.09 Å². The molecule has 6 heterocycles. The number of anilines is 2. The molecule has 2 aliphatic rings. The second kappa shape index (κ2) is 13.1. The molecule has 2 saturated heterocycles.